The first-order valence-corrected chi connectivity index (χ1v) is 9.39. The summed E-state index contributed by atoms with van der Waals surface area (Å²) < 4.78 is 8.25. The van der Waals surface area contributed by atoms with Crippen LogP contribution in [0.1, 0.15) is 19.3 Å². The predicted molar refractivity (Wildman–Crippen MR) is 101 cm³/mol. The van der Waals surface area contributed by atoms with E-state index in [9.17, 15) is 0 Å². The largest absolute Gasteiger partial charge is 0.376 e. The van der Waals surface area contributed by atoms with Crippen LogP contribution in [0.4, 0.5) is 5.95 Å². The van der Waals surface area contributed by atoms with Crippen molar-refractivity contribution in [3.63, 3.8) is 0 Å². The highest BCUT2D eigenvalue weighted by molar-refractivity contribution is 5.79. The van der Waals surface area contributed by atoms with Gasteiger partial charge < -0.3 is 14.5 Å². The first-order valence-electron chi connectivity index (χ1n) is 9.39. The van der Waals surface area contributed by atoms with Gasteiger partial charge in [0.25, 0.3) is 0 Å². The highest BCUT2D eigenvalue weighted by Gasteiger charge is 2.28. The second kappa shape index (κ2) is 7.32. The van der Waals surface area contributed by atoms with Crippen LogP contribution in [0.3, 0.4) is 0 Å². The molecule has 1 aromatic heterocycles. The third kappa shape index (κ3) is 3.66. The second-order valence-electron chi connectivity index (χ2n) is 7.52. The van der Waals surface area contributed by atoms with Crippen molar-refractivity contribution in [1.82, 2.24) is 19.4 Å². The number of anilines is 1. The lowest BCUT2D eigenvalue weighted by atomic mass is 10.2. The molecule has 6 nitrogen and oxygen atoms in total. The maximum absolute atomic E-state index is 5.89. The van der Waals surface area contributed by atoms with Gasteiger partial charge in [-0.2, -0.15) is 0 Å². The van der Waals surface area contributed by atoms with E-state index < -0.39 is 0 Å². The minimum absolute atomic E-state index is 0.343. The zero-order valence-electron chi connectivity index (χ0n) is 15.4. The van der Waals surface area contributed by atoms with Gasteiger partial charge >= 0.3 is 0 Å². The lowest BCUT2D eigenvalue weighted by molar-refractivity contribution is 0.106. The number of fused-ring (bicyclic) bond motifs is 3. The first kappa shape index (κ1) is 16.8. The maximum Gasteiger partial charge on any atom is 0.208 e. The van der Waals surface area contributed by atoms with Gasteiger partial charge in [-0.3, -0.25) is 9.47 Å². The van der Waals surface area contributed by atoms with Gasteiger partial charge in [0, 0.05) is 19.7 Å². The Morgan fingerprint density at radius 3 is 2.92 bits per heavy atom. The van der Waals surface area contributed by atoms with Crippen molar-refractivity contribution in [2.75, 3.05) is 51.9 Å². The molecule has 6 heteroatoms. The van der Waals surface area contributed by atoms with Crippen LogP contribution in [-0.4, -0.2) is 72.5 Å². The van der Waals surface area contributed by atoms with Crippen LogP contribution in [-0.2, 0) is 11.4 Å². The third-order valence-electron chi connectivity index (χ3n) is 5.16. The number of imidazole rings is 1. The van der Waals surface area contributed by atoms with E-state index in [0.29, 0.717) is 6.10 Å². The summed E-state index contributed by atoms with van der Waals surface area (Å²) in [6.45, 7) is 5.93. The fraction of sp³-hybridized carbons (Fsp3) is 0.632. The van der Waals surface area contributed by atoms with Crippen LogP contribution in [0.15, 0.2) is 24.3 Å². The Balaban J connectivity index is 1.56. The summed E-state index contributed by atoms with van der Waals surface area (Å²) in [4.78, 5) is 12.1. The summed E-state index contributed by atoms with van der Waals surface area (Å²) in [5, 5.41) is 0. The molecule has 0 amide bonds. The second-order valence-corrected chi connectivity index (χ2v) is 7.52. The lowest BCUT2D eigenvalue weighted by Crippen LogP contribution is -2.48. The van der Waals surface area contributed by atoms with Crippen molar-refractivity contribution in [3.05, 3.63) is 24.3 Å². The Labute approximate surface area is 150 Å². The molecule has 2 aliphatic heterocycles. The minimum atomic E-state index is 0.343. The van der Waals surface area contributed by atoms with Crippen molar-refractivity contribution in [1.29, 1.82) is 0 Å². The molecule has 3 heterocycles. The number of aromatic nitrogens is 2. The van der Waals surface area contributed by atoms with E-state index in [0.717, 1.165) is 57.5 Å². The van der Waals surface area contributed by atoms with Crippen molar-refractivity contribution in [2.45, 2.75) is 32.0 Å². The lowest BCUT2D eigenvalue weighted by Gasteiger charge is -2.38. The normalized spacial score (nSPS) is 21.4. The number of benzene rings is 1. The van der Waals surface area contributed by atoms with Gasteiger partial charge in [0.2, 0.25) is 5.95 Å². The zero-order chi connectivity index (χ0) is 17.2. The number of hydrogen-bond acceptors (Lipinski definition) is 5. The quantitative estimate of drug-likeness (QED) is 0.804. The maximum atomic E-state index is 5.89. The molecule has 1 aromatic carbocycles. The van der Waals surface area contributed by atoms with Gasteiger partial charge in [-0.15, -0.1) is 0 Å². The van der Waals surface area contributed by atoms with E-state index >= 15 is 0 Å². The molecular weight excluding hydrogens is 314 g/mol. The molecule has 136 valence electrons. The van der Waals surface area contributed by atoms with E-state index in [1.54, 1.807) is 0 Å². The first-order chi connectivity index (χ1) is 12.2. The number of hydrogen-bond donors (Lipinski definition) is 0. The number of rotatable bonds is 6. The van der Waals surface area contributed by atoms with Crippen molar-refractivity contribution < 1.29 is 4.74 Å². The SMILES string of the molecule is CN(C)CCCN1CN(C[C@@H]2CCCO2)c2nc3ccccc3n2C1. The Hall–Kier alpha value is -1.63. The Morgan fingerprint density at radius 2 is 2.12 bits per heavy atom. The van der Waals surface area contributed by atoms with Gasteiger partial charge in [-0.1, -0.05) is 12.1 Å². The van der Waals surface area contributed by atoms with Crippen molar-refractivity contribution >= 4 is 17.0 Å². The molecule has 25 heavy (non-hydrogen) atoms. The average Bonchev–Trinajstić information content (AvgIpc) is 3.22. The van der Waals surface area contributed by atoms with Gasteiger partial charge in [0.05, 0.1) is 30.5 Å². The molecule has 0 aliphatic carbocycles. The molecular formula is C19H29N5O. The average molecular weight is 343 g/mol. The van der Waals surface area contributed by atoms with Crippen LogP contribution < -0.4 is 4.90 Å². The fourth-order valence-electron chi connectivity index (χ4n) is 3.92. The van der Waals surface area contributed by atoms with Crippen LogP contribution in [0.25, 0.3) is 11.0 Å². The molecule has 2 aliphatic rings. The van der Waals surface area contributed by atoms with Gasteiger partial charge in [-0.25, -0.2) is 4.98 Å². The fourth-order valence-corrected chi connectivity index (χ4v) is 3.92. The monoisotopic (exact) mass is 343 g/mol. The topological polar surface area (TPSA) is 36.8 Å². The molecule has 1 fully saturated rings. The molecule has 0 unspecified atom stereocenters. The molecule has 0 saturated carbocycles. The summed E-state index contributed by atoms with van der Waals surface area (Å²) in [5.74, 6) is 1.10. The van der Waals surface area contributed by atoms with Crippen molar-refractivity contribution in [2.24, 2.45) is 0 Å². The predicted octanol–water partition coefficient (Wildman–Crippen LogP) is 2.20. The molecule has 0 spiro atoms. The molecule has 1 atom stereocenters. The van der Waals surface area contributed by atoms with E-state index in [-0.39, 0.29) is 0 Å². The molecule has 0 N–H and O–H groups in total. The Bertz CT molecular complexity index is 707. The molecule has 0 bridgehead atoms. The van der Waals surface area contributed by atoms with E-state index in [1.807, 2.05) is 0 Å². The Kier molecular flexibility index (Phi) is 4.92. The number of ether oxygens (including phenoxy) is 1. The third-order valence-corrected chi connectivity index (χ3v) is 5.16. The van der Waals surface area contributed by atoms with Crippen LogP contribution in [0.2, 0.25) is 0 Å². The summed E-state index contributed by atoms with van der Waals surface area (Å²) in [5.41, 5.74) is 2.32. The summed E-state index contributed by atoms with van der Waals surface area (Å²) in [6, 6.07) is 8.47. The van der Waals surface area contributed by atoms with Crippen LogP contribution in [0.5, 0.6) is 0 Å². The minimum Gasteiger partial charge on any atom is -0.376 e. The van der Waals surface area contributed by atoms with Gasteiger partial charge in [-0.05, 0) is 52.0 Å². The van der Waals surface area contributed by atoms with Crippen LogP contribution >= 0.6 is 0 Å². The van der Waals surface area contributed by atoms with E-state index in [1.165, 1.54) is 18.4 Å². The summed E-state index contributed by atoms with van der Waals surface area (Å²) in [7, 11) is 4.28. The molecule has 0 radical (unpaired) electrons. The molecule has 1 saturated heterocycles. The summed E-state index contributed by atoms with van der Waals surface area (Å²) in [6.07, 6.45) is 3.87. The number of para-hydroxylation sites is 2. The van der Waals surface area contributed by atoms with Crippen LogP contribution in [0, 0.1) is 0 Å². The standard InChI is InChI=1S/C19H29N5O/c1-21(2)10-6-11-22-14-23(13-16-7-5-12-25-16)19-20-17-8-3-4-9-18(17)24(19)15-22/h3-4,8-9,16H,5-7,10-15H2,1-2H3/t16-/m0/s1. The zero-order valence-corrected chi connectivity index (χ0v) is 15.4. The Morgan fingerprint density at radius 1 is 1.24 bits per heavy atom. The van der Waals surface area contributed by atoms with E-state index in [4.69, 9.17) is 9.72 Å². The van der Waals surface area contributed by atoms with Gasteiger partial charge in [0.1, 0.15) is 0 Å². The number of nitrogens with zero attached hydrogens (tertiary/aromatic N) is 5. The highest BCUT2D eigenvalue weighted by Crippen LogP contribution is 2.28. The highest BCUT2D eigenvalue weighted by atomic mass is 16.5. The smallest absolute Gasteiger partial charge is 0.208 e. The van der Waals surface area contributed by atoms with E-state index in [2.05, 4.69) is 57.6 Å². The summed E-state index contributed by atoms with van der Waals surface area (Å²) >= 11 is 0. The van der Waals surface area contributed by atoms with Crippen molar-refractivity contribution in [3.8, 4) is 0 Å². The molecule has 4 rings (SSSR count). The molecule has 2 aromatic rings. The van der Waals surface area contributed by atoms with Gasteiger partial charge in [0.15, 0.2) is 0 Å².